The van der Waals surface area contributed by atoms with Crippen molar-refractivity contribution in [3.05, 3.63) is 45.9 Å². The number of rotatable bonds is 5. The molecule has 1 aromatic heterocycles. The quantitative estimate of drug-likeness (QED) is 0.883. The summed E-state index contributed by atoms with van der Waals surface area (Å²) in [6.45, 7) is 2.01. The maximum atomic E-state index is 10.9. The number of thiazole rings is 1. The van der Waals surface area contributed by atoms with Gasteiger partial charge in [-0.15, -0.1) is 11.3 Å². The Morgan fingerprint density at radius 3 is 2.76 bits per heavy atom. The zero-order chi connectivity index (χ0) is 15.6. The van der Waals surface area contributed by atoms with Gasteiger partial charge in [0.05, 0.1) is 11.7 Å². The Hall–Kier alpha value is -1.63. The first-order valence-corrected chi connectivity index (χ1v) is 7.58. The van der Waals surface area contributed by atoms with Gasteiger partial charge in [-0.05, 0) is 18.6 Å². The topological polar surface area (TPSA) is 79.5 Å². The van der Waals surface area contributed by atoms with Gasteiger partial charge in [-0.1, -0.05) is 29.8 Å². The van der Waals surface area contributed by atoms with Crippen molar-refractivity contribution in [2.75, 3.05) is 11.9 Å². The van der Waals surface area contributed by atoms with Crippen LogP contribution in [-0.2, 0) is 4.79 Å². The van der Waals surface area contributed by atoms with Crippen LogP contribution in [0.3, 0.4) is 0 Å². The van der Waals surface area contributed by atoms with Gasteiger partial charge >= 0.3 is 5.97 Å². The van der Waals surface area contributed by atoms with E-state index < -0.39 is 12.0 Å². The van der Waals surface area contributed by atoms with Gasteiger partial charge in [0.2, 0.25) is 0 Å². The molecule has 5 nitrogen and oxygen atoms in total. The predicted molar refractivity (Wildman–Crippen MR) is 84.9 cm³/mol. The Morgan fingerprint density at radius 1 is 1.48 bits per heavy atom. The SMILES string of the molecule is CC(c1ccccc1Cl)N(C)c1nc(C(N)C(=O)O)cs1. The smallest absolute Gasteiger partial charge is 0.326 e. The van der Waals surface area contributed by atoms with E-state index in [1.165, 1.54) is 11.3 Å². The van der Waals surface area contributed by atoms with E-state index in [1.54, 1.807) is 5.38 Å². The molecule has 0 aliphatic rings. The van der Waals surface area contributed by atoms with Gasteiger partial charge in [0.25, 0.3) is 0 Å². The highest BCUT2D eigenvalue weighted by molar-refractivity contribution is 7.13. The van der Waals surface area contributed by atoms with Crippen molar-refractivity contribution in [1.82, 2.24) is 4.98 Å². The summed E-state index contributed by atoms with van der Waals surface area (Å²) in [6.07, 6.45) is 0. The molecule has 2 rings (SSSR count). The zero-order valence-electron chi connectivity index (χ0n) is 11.7. The lowest BCUT2D eigenvalue weighted by Gasteiger charge is -2.25. The van der Waals surface area contributed by atoms with Crippen LogP contribution in [0.15, 0.2) is 29.6 Å². The normalized spacial score (nSPS) is 13.7. The molecule has 3 N–H and O–H groups in total. The van der Waals surface area contributed by atoms with Crippen LogP contribution in [0.5, 0.6) is 0 Å². The number of carboxylic acids is 1. The second kappa shape index (κ2) is 6.43. The molecule has 112 valence electrons. The van der Waals surface area contributed by atoms with E-state index in [-0.39, 0.29) is 6.04 Å². The molecule has 0 amide bonds. The van der Waals surface area contributed by atoms with Crippen LogP contribution in [-0.4, -0.2) is 23.1 Å². The lowest BCUT2D eigenvalue weighted by molar-refractivity contribution is -0.138. The Bertz CT molecular complexity index is 647. The fourth-order valence-corrected chi connectivity index (χ4v) is 3.10. The summed E-state index contributed by atoms with van der Waals surface area (Å²) < 4.78 is 0. The molecule has 1 aromatic carbocycles. The van der Waals surface area contributed by atoms with Crippen molar-refractivity contribution in [3.8, 4) is 0 Å². The third kappa shape index (κ3) is 3.34. The van der Waals surface area contributed by atoms with Crippen molar-refractivity contribution < 1.29 is 9.90 Å². The Morgan fingerprint density at radius 2 is 2.14 bits per heavy atom. The van der Waals surface area contributed by atoms with Crippen molar-refractivity contribution in [3.63, 3.8) is 0 Å². The maximum Gasteiger partial charge on any atom is 0.326 e. The minimum Gasteiger partial charge on any atom is -0.480 e. The van der Waals surface area contributed by atoms with Gasteiger partial charge in [0.15, 0.2) is 5.13 Å². The fraction of sp³-hybridized carbons (Fsp3) is 0.286. The highest BCUT2D eigenvalue weighted by atomic mass is 35.5. The van der Waals surface area contributed by atoms with Crippen molar-refractivity contribution in [2.45, 2.75) is 19.0 Å². The number of carbonyl (C=O) groups is 1. The fourth-order valence-electron chi connectivity index (χ4n) is 1.90. The molecule has 0 bridgehead atoms. The molecular formula is C14H16ClN3O2S. The Balaban J connectivity index is 2.22. The standard InChI is InChI=1S/C14H16ClN3O2S/c1-8(9-5-3-4-6-10(9)15)18(2)14-17-11(7-21-14)12(16)13(19)20/h3-8,12H,16H2,1-2H3,(H,19,20). The molecule has 0 fully saturated rings. The molecule has 0 saturated carbocycles. The summed E-state index contributed by atoms with van der Waals surface area (Å²) >= 11 is 7.57. The number of hydrogen-bond acceptors (Lipinski definition) is 5. The number of anilines is 1. The molecule has 0 aliphatic carbocycles. The van der Waals surface area contributed by atoms with E-state index >= 15 is 0 Å². The maximum absolute atomic E-state index is 10.9. The molecule has 2 unspecified atom stereocenters. The number of hydrogen-bond donors (Lipinski definition) is 2. The molecule has 2 aromatic rings. The van der Waals surface area contributed by atoms with Crippen molar-refractivity contribution in [1.29, 1.82) is 0 Å². The molecule has 0 saturated heterocycles. The van der Waals surface area contributed by atoms with Crippen LogP contribution in [0.4, 0.5) is 5.13 Å². The molecular weight excluding hydrogens is 310 g/mol. The number of carboxylic acid groups (broad SMARTS) is 1. The molecule has 2 atom stereocenters. The number of halogens is 1. The Labute approximate surface area is 132 Å². The predicted octanol–water partition coefficient (Wildman–Crippen LogP) is 3.08. The highest BCUT2D eigenvalue weighted by Crippen LogP contribution is 2.32. The van der Waals surface area contributed by atoms with Crippen LogP contribution in [0.25, 0.3) is 0 Å². The monoisotopic (exact) mass is 325 g/mol. The number of nitrogens with zero attached hydrogens (tertiary/aromatic N) is 2. The average Bonchev–Trinajstić information content (AvgIpc) is 2.95. The van der Waals surface area contributed by atoms with Crippen LogP contribution in [0, 0.1) is 0 Å². The zero-order valence-corrected chi connectivity index (χ0v) is 13.2. The van der Waals surface area contributed by atoms with Gasteiger partial charge in [-0.25, -0.2) is 4.98 Å². The first-order chi connectivity index (χ1) is 9.91. The molecule has 0 aliphatic heterocycles. The number of aliphatic carboxylic acids is 1. The van der Waals surface area contributed by atoms with E-state index in [9.17, 15) is 4.79 Å². The molecule has 0 spiro atoms. The lowest BCUT2D eigenvalue weighted by atomic mass is 10.1. The van der Waals surface area contributed by atoms with Gasteiger partial charge in [-0.3, -0.25) is 4.79 Å². The van der Waals surface area contributed by atoms with E-state index in [4.69, 9.17) is 22.4 Å². The summed E-state index contributed by atoms with van der Waals surface area (Å²) in [5.74, 6) is -1.09. The number of benzene rings is 1. The van der Waals surface area contributed by atoms with E-state index in [2.05, 4.69) is 4.98 Å². The summed E-state index contributed by atoms with van der Waals surface area (Å²) in [5, 5.41) is 12.0. The van der Waals surface area contributed by atoms with Crippen molar-refractivity contribution in [2.24, 2.45) is 5.73 Å². The van der Waals surface area contributed by atoms with Gasteiger partial charge in [0.1, 0.15) is 6.04 Å². The minimum absolute atomic E-state index is 0.0127. The molecule has 21 heavy (non-hydrogen) atoms. The summed E-state index contributed by atoms with van der Waals surface area (Å²) in [7, 11) is 1.89. The van der Waals surface area contributed by atoms with Gasteiger partial charge in [-0.2, -0.15) is 0 Å². The van der Waals surface area contributed by atoms with Crippen LogP contribution >= 0.6 is 22.9 Å². The van der Waals surface area contributed by atoms with Crippen LogP contribution in [0.1, 0.15) is 30.3 Å². The summed E-state index contributed by atoms with van der Waals surface area (Å²) in [4.78, 5) is 17.1. The largest absolute Gasteiger partial charge is 0.480 e. The molecule has 0 radical (unpaired) electrons. The van der Waals surface area contributed by atoms with Crippen molar-refractivity contribution >= 4 is 34.0 Å². The first-order valence-electron chi connectivity index (χ1n) is 6.33. The van der Waals surface area contributed by atoms with Crippen LogP contribution in [0.2, 0.25) is 5.02 Å². The second-order valence-corrected chi connectivity index (χ2v) is 5.92. The number of nitrogens with two attached hydrogens (primary N) is 1. The van der Waals surface area contributed by atoms with Crippen LogP contribution < -0.4 is 10.6 Å². The van der Waals surface area contributed by atoms with E-state index in [0.717, 1.165) is 5.56 Å². The minimum atomic E-state index is -1.10. The first kappa shape index (κ1) is 15.8. The summed E-state index contributed by atoms with van der Waals surface area (Å²) in [6, 6.07) is 6.53. The third-order valence-corrected chi connectivity index (χ3v) is 4.63. The second-order valence-electron chi connectivity index (χ2n) is 4.68. The Kier molecular flexibility index (Phi) is 4.82. The molecule has 7 heteroatoms. The lowest BCUT2D eigenvalue weighted by Crippen LogP contribution is -2.23. The average molecular weight is 326 g/mol. The van der Waals surface area contributed by atoms with Gasteiger partial charge in [0, 0.05) is 17.5 Å². The number of aromatic nitrogens is 1. The highest BCUT2D eigenvalue weighted by Gasteiger charge is 2.21. The summed E-state index contributed by atoms with van der Waals surface area (Å²) in [5.41, 5.74) is 6.92. The third-order valence-electron chi connectivity index (χ3n) is 3.33. The van der Waals surface area contributed by atoms with E-state index in [1.807, 2.05) is 43.1 Å². The van der Waals surface area contributed by atoms with Gasteiger partial charge < -0.3 is 15.7 Å². The molecule has 1 heterocycles. The van der Waals surface area contributed by atoms with E-state index in [0.29, 0.717) is 15.8 Å².